The third-order valence-electron chi connectivity index (χ3n) is 4.29. The van der Waals surface area contributed by atoms with Gasteiger partial charge in [-0.2, -0.15) is 0 Å². The summed E-state index contributed by atoms with van der Waals surface area (Å²) in [5, 5.41) is 11.9. The Morgan fingerprint density at radius 2 is 1.87 bits per heavy atom. The maximum Gasteiger partial charge on any atom is 0.261 e. The number of hydrogen-bond donors (Lipinski definition) is 2. The van der Waals surface area contributed by atoms with Crippen molar-refractivity contribution in [2.75, 3.05) is 10.0 Å². The van der Waals surface area contributed by atoms with Crippen molar-refractivity contribution in [2.45, 2.75) is 38.0 Å². The Labute approximate surface area is 178 Å². The fraction of sp³-hybridized carbons (Fsp3) is 0.250. The molecule has 3 rings (SSSR count). The molecular formula is C20H21FN4O3S2. The zero-order chi connectivity index (χ0) is 21.7. The predicted molar refractivity (Wildman–Crippen MR) is 115 cm³/mol. The van der Waals surface area contributed by atoms with E-state index in [1.807, 2.05) is 0 Å². The molecule has 0 spiro atoms. The molecule has 2 aromatic carbocycles. The molecule has 0 fully saturated rings. The Morgan fingerprint density at radius 3 is 2.57 bits per heavy atom. The molecule has 0 saturated carbocycles. The number of aromatic nitrogens is 2. The summed E-state index contributed by atoms with van der Waals surface area (Å²) in [6, 6.07) is 9.22. The zero-order valence-corrected chi connectivity index (χ0v) is 18.1. The average Bonchev–Trinajstić information content (AvgIpc) is 3.15. The van der Waals surface area contributed by atoms with Crippen molar-refractivity contribution in [1.82, 2.24) is 10.2 Å². The molecule has 10 heteroatoms. The van der Waals surface area contributed by atoms with Crippen LogP contribution >= 0.6 is 11.3 Å². The predicted octanol–water partition coefficient (Wildman–Crippen LogP) is 4.38. The first-order chi connectivity index (χ1) is 14.3. The lowest BCUT2D eigenvalue weighted by Gasteiger charge is -2.11. The maximum absolute atomic E-state index is 13.0. The number of aryl methyl sites for hydroxylation is 2. The minimum absolute atomic E-state index is 0.0801. The molecule has 1 heterocycles. The third-order valence-corrected chi connectivity index (χ3v) is 6.57. The largest absolute Gasteiger partial charge is 0.296 e. The van der Waals surface area contributed by atoms with Crippen molar-refractivity contribution >= 4 is 38.1 Å². The number of hydrogen-bond acceptors (Lipinski definition) is 6. The van der Waals surface area contributed by atoms with Gasteiger partial charge in [0, 0.05) is 17.7 Å². The van der Waals surface area contributed by atoms with E-state index in [4.69, 9.17) is 0 Å². The molecule has 0 unspecified atom stereocenters. The molecular weight excluding hydrogens is 427 g/mol. The van der Waals surface area contributed by atoms with Gasteiger partial charge in [-0.15, -0.1) is 10.2 Å². The van der Waals surface area contributed by atoms with Crippen LogP contribution in [0.3, 0.4) is 0 Å². The Hall–Kier alpha value is -2.85. The Balaban J connectivity index is 1.79. The van der Waals surface area contributed by atoms with Gasteiger partial charge in [0.15, 0.2) is 0 Å². The topological polar surface area (TPSA) is 101 Å². The summed E-state index contributed by atoms with van der Waals surface area (Å²) in [4.78, 5) is 12.6. The normalized spacial score (nSPS) is 11.3. The van der Waals surface area contributed by atoms with E-state index in [2.05, 4.69) is 27.2 Å². The van der Waals surface area contributed by atoms with Crippen LogP contribution in [0.1, 0.15) is 40.7 Å². The van der Waals surface area contributed by atoms with Gasteiger partial charge in [-0.05, 0) is 55.3 Å². The fourth-order valence-electron chi connectivity index (χ4n) is 2.64. The number of carbonyl (C=O) groups excluding carboxylic acids is 1. The Bertz CT molecular complexity index is 1150. The SMILES string of the molecule is CCCCc1nnc(NC(=O)c2cc(S(=O)(=O)Nc3ccc(F)cc3)ccc2C)s1. The van der Waals surface area contributed by atoms with Crippen LogP contribution in [-0.2, 0) is 16.4 Å². The summed E-state index contributed by atoms with van der Waals surface area (Å²) in [5.74, 6) is -0.939. The highest BCUT2D eigenvalue weighted by atomic mass is 32.2. The fourth-order valence-corrected chi connectivity index (χ4v) is 4.50. The van der Waals surface area contributed by atoms with Crippen LogP contribution in [0.2, 0.25) is 0 Å². The van der Waals surface area contributed by atoms with E-state index in [1.165, 1.54) is 35.6 Å². The second kappa shape index (κ2) is 9.31. The van der Waals surface area contributed by atoms with Gasteiger partial charge in [0.25, 0.3) is 15.9 Å². The summed E-state index contributed by atoms with van der Waals surface area (Å²) >= 11 is 1.30. The van der Waals surface area contributed by atoms with Crippen LogP contribution in [0.5, 0.6) is 0 Å². The van der Waals surface area contributed by atoms with Gasteiger partial charge in [0.2, 0.25) is 5.13 Å². The molecule has 0 saturated heterocycles. The van der Waals surface area contributed by atoms with Crippen LogP contribution in [0.15, 0.2) is 47.4 Å². The summed E-state index contributed by atoms with van der Waals surface area (Å²) < 4.78 is 40.8. The first-order valence-electron chi connectivity index (χ1n) is 9.31. The quantitative estimate of drug-likeness (QED) is 0.533. The van der Waals surface area contributed by atoms with Crippen LogP contribution < -0.4 is 10.0 Å². The standard InChI is InChI=1S/C20H21FN4O3S2/c1-3-4-5-18-23-24-20(29-18)22-19(26)17-12-16(11-6-13(17)2)30(27,28)25-15-9-7-14(21)8-10-15/h6-12,25H,3-5H2,1-2H3,(H,22,24,26). The second-order valence-corrected chi connectivity index (χ2v) is 9.39. The van der Waals surface area contributed by atoms with E-state index in [-0.39, 0.29) is 16.1 Å². The van der Waals surface area contributed by atoms with E-state index in [9.17, 15) is 17.6 Å². The number of halogens is 1. The summed E-state index contributed by atoms with van der Waals surface area (Å²) in [6.07, 6.45) is 2.82. The minimum atomic E-state index is -3.96. The smallest absolute Gasteiger partial charge is 0.261 e. The highest BCUT2D eigenvalue weighted by molar-refractivity contribution is 7.92. The van der Waals surface area contributed by atoms with Crippen molar-refractivity contribution in [3.8, 4) is 0 Å². The van der Waals surface area contributed by atoms with Crippen molar-refractivity contribution in [2.24, 2.45) is 0 Å². The van der Waals surface area contributed by atoms with Crippen molar-refractivity contribution in [1.29, 1.82) is 0 Å². The average molecular weight is 449 g/mol. The Morgan fingerprint density at radius 1 is 1.13 bits per heavy atom. The lowest BCUT2D eigenvalue weighted by Crippen LogP contribution is -2.17. The molecule has 30 heavy (non-hydrogen) atoms. The molecule has 0 atom stereocenters. The molecule has 0 aliphatic heterocycles. The first kappa shape index (κ1) is 21.8. The molecule has 7 nitrogen and oxygen atoms in total. The molecule has 0 radical (unpaired) electrons. The van der Waals surface area contributed by atoms with Crippen LogP contribution in [0.25, 0.3) is 0 Å². The lowest BCUT2D eigenvalue weighted by molar-refractivity contribution is 0.102. The van der Waals surface area contributed by atoms with Crippen molar-refractivity contribution in [3.63, 3.8) is 0 Å². The first-order valence-corrected chi connectivity index (χ1v) is 11.6. The zero-order valence-electron chi connectivity index (χ0n) is 16.5. The number of amides is 1. The van der Waals surface area contributed by atoms with E-state index < -0.39 is 21.7 Å². The van der Waals surface area contributed by atoms with Gasteiger partial charge in [0.1, 0.15) is 10.8 Å². The molecule has 1 aromatic heterocycles. The molecule has 0 bridgehead atoms. The molecule has 158 valence electrons. The van der Waals surface area contributed by atoms with Crippen LogP contribution in [-0.4, -0.2) is 24.5 Å². The number of rotatable bonds is 8. The second-order valence-electron chi connectivity index (χ2n) is 6.65. The van der Waals surface area contributed by atoms with Gasteiger partial charge in [-0.25, -0.2) is 12.8 Å². The number of nitrogens with zero attached hydrogens (tertiary/aromatic N) is 2. The number of unbranched alkanes of at least 4 members (excludes halogenated alkanes) is 1. The van der Waals surface area contributed by atoms with Crippen molar-refractivity contribution in [3.05, 3.63) is 64.4 Å². The monoisotopic (exact) mass is 448 g/mol. The molecule has 0 aliphatic carbocycles. The number of benzene rings is 2. The van der Waals surface area contributed by atoms with Gasteiger partial charge >= 0.3 is 0 Å². The number of anilines is 2. The van der Waals surface area contributed by atoms with Gasteiger partial charge in [0.05, 0.1) is 4.90 Å². The van der Waals surface area contributed by atoms with Crippen LogP contribution in [0, 0.1) is 12.7 Å². The highest BCUT2D eigenvalue weighted by Gasteiger charge is 2.19. The molecule has 3 aromatic rings. The van der Waals surface area contributed by atoms with Crippen LogP contribution in [0.4, 0.5) is 15.2 Å². The summed E-state index contributed by atoms with van der Waals surface area (Å²) in [6.45, 7) is 3.80. The summed E-state index contributed by atoms with van der Waals surface area (Å²) in [5.41, 5.74) is 1.04. The van der Waals surface area contributed by atoms with Gasteiger partial charge in [-0.3, -0.25) is 14.8 Å². The Kier molecular flexibility index (Phi) is 6.78. The molecule has 0 aliphatic rings. The van der Waals surface area contributed by atoms with Gasteiger partial charge < -0.3 is 0 Å². The van der Waals surface area contributed by atoms with Gasteiger partial charge in [-0.1, -0.05) is 30.7 Å². The molecule has 1 amide bonds. The maximum atomic E-state index is 13.0. The highest BCUT2D eigenvalue weighted by Crippen LogP contribution is 2.22. The van der Waals surface area contributed by atoms with E-state index in [1.54, 1.807) is 13.0 Å². The number of carbonyl (C=O) groups is 1. The van der Waals surface area contributed by atoms with Crippen molar-refractivity contribution < 1.29 is 17.6 Å². The number of sulfonamides is 1. The molecule has 2 N–H and O–H groups in total. The van der Waals surface area contributed by atoms with E-state index in [0.29, 0.717) is 10.7 Å². The van der Waals surface area contributed by atoms with E-state index >= 15 is 0 Å². The summed E-state index contributed by atoms with van der Waals surface area (Å²) in [7, 11) is -3.96. The minimum Gasteiger partial charge on any atom is -0.296 e. The third kappa shape index (κ3) is 5.39. The number of nitrogens with one attached hydrogen (secondary N) is 2. The van der Waals surface area contributed by atoms with E-state index in [0.717, 1.165) is 36.4 Å². The lowest BCUT2D eigenvalue weighted by atomic mass is 10.1.